The fraction of sp³-hybridized carbons (Fsp3) is 0.333. The van der Waals surface area contributed by atoms with Gasteiger partial charge >= 0.3 is 0 Å². The van der Waals surface area contributed by atoms with E-state index in [0.29, 0.717) is 9.91 Å². The Hall–Kier alpha value is -0.360. The first kappa shape index (κ1) is 12.7. The molecule has 6 heteroatoms. The SMILES string of the molecule is CCOS(=O)(=O)C=C(C)c1ccc(Cl)s1. The van der Waals surface area contributed by atoms with Crippen molar-refractivity contribution in [2.75, 3.05) is 6.61 Å². The van der Waals surface area contributed by atoms with Crippen molar-refractivity contribution in [3.8, 4) is 0 Å². The maximum atomic E-state index is 11.3. The molecule has 0 N–H and O–H groups in total. The molecule has 1 rings (SSSR count). The van der Waals surface area contributed by atoms with E-state index in [1.165, 1.54) is 11.3 Å². The van der Waals surface area contributed by atoms with Gasteiger partial charge in [0.15, 0.2) is 0 Å². The number of allylic oxidation sites excluding steroid dienone is 1. The third-order valence-corrected chi connectivity index (χ3v) is 4.14. The highest BCUT2D eigenvalue weighted by atomic mass is 35.5. The summed E-state index contributed by atoms with van der Waals surface area (Å²) in [5.74, 6) is 0. The molecule has 0 saturated carbocycles. The highest BCUT2D eigenvalue weighted by Gasteiger charge is 2.08. The number of hydrogen-bond acceptors (Lipinski definition) is 4. The van der Waals surface area contributed by atoms with E-state index in [0.717, 1.165) is 10.3 Å². The fourth-order valence-corrected chi connectivity index (χ4v) is 3.04. The van der Waals surface area contributed by atoms with Crippen LogP contribution in [0.4, 0.5) is 0 Å². The van der Waals surface area contributed by atoms with Gasteiger partial charge in [0.25, 0.3) is 10.1 Å². The molecule has 15 heavy (non-hydrogen) atoms. The lowest BCUT2D eigenvalue weighted by Crippen LogP contribution is -2.01. The van der Waals surface area contributed by atoms with Crippen LogP contribution in [0.15, 0.2) is 17.5 Å². The van der Waals surface area contributed by atoms with E-state index in [-0.39, 0.29) is 6.61 Å². The van der Waals surface area contributed by atoms with Crippen molar-refractivity contribution >= 4 is 38.6 Å². The van der Waals surface area contributed by atoms with Crippen molar-refractivity contribution in [1.82, 2.24) is 0 Å². The van der Waals surface area contributed by atoms with E-state index in [1.54, 1.807) is 26.0 Å². The smallest absolute Gasteiger partial charge is 0.267 e. The first-order valence-electron chi connectivity index (χ1n) is 4.28. The molecule has 0 bridgehead atoms. The summed E-state index contributed by atoms with van der Waals surface area (Å²) in [4.78, 5) is 0.822. The van der Waals surface area contributed by atoms with Crippen LogP contribution in [0.3, 0.4) is 0 Å². The van der Waals surface area contributed by atoms with Crippen LogP contribution in [0.1, 0.15) is 18.7 Å². The highest BCUT2D eigenvalue weighted by molar-refractivity contribution is 7.89. The Balaban J connectivity index is 2.94. The zero-order valence-electron chi connectivity index (χ0n) is 8.36. The van der Waals surface area contributed by atoms with Crippen LogP contribution in [0.25, 0.3) is 5.57 Å². The van der Waals surface area contributed by atoms with Crippen molar-refractivity contribution < 1.29 is 12.6 Å². The van der Waals surface area contributed by atoms with Gasteiger partial charge in [-0.25, -0.2) is 0 Å². The number of halogens is 1. The molecule has 1 heterocycles. The molecule has 0 aromatic carbocycles. The van der Waals surface area contributed by atoms with Crippen molar-refractivity contribution in [3.63, 3.8) is 0 Å². The molecule has 0 aliphatic heterocycles. The lowest BCUT2D eigenvalue weighted by atomic mass is 10.3. The van der Waals surface area contributed by atoms with Gasteiger partial charge in [0.05, 0.1) is 16.4 Å². The zero-order chi connectivity index (χ0) is 11.5. The monoisotopic (exact) mass is 266 g/mol. The first-order valence-corrected chi connectivity index (χ1v) is 6.94. The predicted octanol–water partition coefficient (Wildman–Crippen LogP) is 3.13. The van der Waals surface area contributed by atoms with E-state index in [1.807, 2.05) is 0 Å². The van der Waals surface area contributed by atoms with E-state index in [2.05, 4.69) is 4.18 Å². The van der Waals surface area contributed by atoms with E-state index in [4.69, 9.17) is 11.6 Å². The Morgan fingerprint density at radius 3 is 2.73 bits per heavy atom. The molecule has 0 aliphatic carbocycles. The Bertz CT molecular complexity index is 459. The van der Waals surface area contributed by atoms with Gasteiger partial charge in [-0.3, -0.25) is 4.18 Å². The molecule has 0 atom stereocenters. The van der Waals surface area contributed by atoms with Gasteiger partial charge in [0.2, 0.25) is 0 Å². The van der Waals surface area contributed by atoms with Gasteiger partial charge in [0.1, 0.15) is 0 Å². The Kier molecular flexibility index (Phi) is 4.33. The van der Waals surface area contributed by atoms with Gasteiger partial charge in [0, 0.05) is 4.88 Å². The van der Waals surface area contributed by atoms with Gasteiger partial charge in [-0.2, -0.15) is 8.42 Å². The topological polar surface area (TPSA) is 43.4 Å². The zero-order valence-corrected chi connectivity index (χ0v) is 10.7. The summed E-state index contributed by atoms with van der Waals surface area (Å²) in [7, 11) is -3.57. The standard InChI is InChI=1S/C9H11ClO3S2/c1-3-13-15(11,12)6-7(2)8-4-5-9(10)14-8/h4-6H,3H2,1-2H3. The van der Waals surface area contributed by atoms with Crippen LogP contribution in [-0.4, -0.2) is 15.0 Å². The van der Waals surface area contributed by atoms with Crippen LogP contribution in [0.2, 0.25) is 4.34 Å². The normalized spacial score (nSPS) is 13.1. The molecule has 0 fully saturated rings. The molecular formula is C9H11ClO3S2. The molecule has 0 aliphatic rings. The minimum absolute atomic E-state index is 0.136. The lowest BCUT2D eigenvalue weighted by Gasteiger charge is -1.99. The summed E-state index contributed by atoms with van der Waals surface area (Å²) in [5.41, 5.74) is 0.625. The lowest BCUT2D eigenvalue weighted by molar-refractivity contribution is 0.345. The summed E-state index contributed by atoms with van der Waals surface area (Å²) in [6.45, 7) is 3.47. The fourth-order valence-electron chi connectivity index (χ4n) is 0.999. The van der Waals surface area contributed by atoms with Crippen LogP contribution in [0, 0.1) is 0 Å². The number of rotatable bonds is 4. The third kappa shape index (κ3) is 3.95. The van der Waals surface area contributed by atoms with E-state index in [9.17, 15) is 8.42 Å². The van der Waals surface area contributed by atoms with Crippen molar-refractivity contribution in [2.45, 2.75) is 13.8 Å². The minimum Gasteiger partial charge on any atom is -0.267 e. The number of hydrogen-bond donors (Lipinski definition) is 0. The van der Waals surface area contributed by atoms with Gasteiger partial charge in [-0.1, -0.05) is 11.6 Å². The van der Waals surface area contributed by atoms with Crippen molar-refractivity contribution in [1.29, 1.82) is 0 Å². The van der Waals surface area contributed by atoms with Gasteiger partial charge in [-0.05, 0) is 31.6 Å². The average molecular weight is 267 g/mol. The third-order valence-electron chi connectivity index (χ3n) is 1.57. The highest BCUT2D eigenvalue weighted by Crippen LogP contribution is 2.27. The van der Waals surface area contributed by atoms with Crippen LogP contribution < -0.4 is 0 Å². The summed E-state index contributed by atoms with van der Waals surface area (Å²) >= 11 is 7.08. The van der Waals surface area contributed by atoms with E-state index >= 15 is 0 Å². The second-order valence-electron chi connectivity index (χ2n) is 2.80. The molecule has 3 nitrogen and oxygen atoms in total. The largest absolute Gasteiger partial charge is 0.290 e. The molecule has 0 amide bonds. The Morgan fingerprint density at radius 1 is 1.60 bits per heavy atom. The summed E-state index contributed by atoms with van der Waals surface area (Å²) in [6, 6.07) is 3.51. The molecule has 1 aromatic heterocycles. The van der Waals surface area contributed by atoms with Crippen LogP contribution in [-0.2, 0) is 14.3 Å². The molecule has 0 spiro atoms. The molecule has 1 aromatic rings. The first-order chi connectivity index (χ1) is 6.94. The Morgan fingerprint density at radius 2 is 2.27 bits per heavy atom. The molecular weight excluding hydrogens is 256 g/mol. The van der Waals surface area contributed by atoms with E-state index < -0.39 is 10.1 Å². The molecule has 84 valence electrons. The second kappa shape index (κ2) is 5.12. The summed E-state index contributed by atoms with van der Waals surface area (Å²) in [6.07, 6.45) is 0. The van der Waals surface area contributed by atoms with Gasteiger partial charge < -0.3 is 0 Å². The molecule has 0 saturated heterocycles. The summed E-state index contributed by atoms with van der Waals surface area (Å²) < 4.78 is 27.8. The van der Waals surface area contributed by atoms with Crippen molar-refractivity contribution in [3.05, 3.63) is 26.8 Å². The Labute approximate surface area is 98.5 Å². The van der Waals surface area contributed by atoms with Gasteiger partial charge in [-0.15, -0.1) is 11.3 Å². The van der Waals surface area contributed by atoms with Crippen LogP contribution in [0.5, 0.6) is 0 Å². The van der Waals surface area contributed by atoms with Crippen molar-refractivity contribution in [2.24, 2.45) is 0 Å². The maximum Gasteiger partial charge on any atom is 0.290 e. The maximum absolute atomic E-state index is 11.3. The average Bonchev–Trinajstić information content (AvgIpc) is 2.50. The molecule has 0 unspecified atom stereocenters. The van der Waals surface area contributed by atoms with Crippen LogP contribution >= 0.6 is 22.9 Å². The second-order valence-corrected chi connectivity index (χ2v) is 5.98. The summed E-state index contributed by atoms with van der Waals surface area (Å²) in [5, 5.41) is 1.11. The molecule has 0 radical (unpaired) electrons. The quantitative estimate of drug-likeness (QED) is 0.787. The predicted molar refractivity (Wildman–Crippen MR) is 63.5 cm³/mol. The minimum atomic E-state index is -3.57. The number of thiophene rings is 1.